The van der Waals surface area contributed by atoms with E-state index in [4.69, 9.17) is 0 Å². The number of fused-ring (bicyclic) bond motifs is 1. The lowest BCUT2D eigenvalue weighted by molar-refractivity contribution is 0.877. The number of hydrogen-bond acceptors (Lipinski definition) is 3. The molecule has 0 saturated carbocycles. The predicted molar refractivity (Wildman–Crippen MR) is 77.1 cm³/mol. The van der Waals surface area contributed by atoms with Crippen LogP contribution in [0.3, 0.4) is 0 Å². The van der Waals surface area contributed by atoms with Crippen LogP contribution in [0.25, 0.3) is 10.9 Å². The van der Waals surface area contributed by atoms with Crippen molar-refractivity contribution < 1.29 is 0 Å². The summed E-state index contributed by atoms with van der Waals surface area (Å²) in [6.45, 7) is 4.12. The van der Waals surface area contributed by atoms with E-state index in [-0.39, 0.29) is 6.04 Å². The number of nitrogens with one attached hydrogen (secondary N) is 2. The van der Waals surface area contributed by atoms with Gasteiger partial charge in [-0.05, 0) is 25.5 Å². The van der Waals surface area contributed by atoms with Crippen LogP contribution in [0.2, 0.25) is 0 Å². The van der Waals surface area contributed by atoms with Crippen molar-refractivity contribution in [1.82, 2.24) is 15.2 Å². The van der Waals surface area contributed by atoms with E-state index in [1.807, 2.05) is 31.2 Å². The third kappa shape index (κ3) is 2.17. The van der Waals surface area contributed by atoms with Gasteiger partial charge in [0.25, 0.3) is 0 Å². The van der Waals surface area contributed by atoms with Crippen LogP contribution >= 0.6 is 0 Å². The Balaban J connectivity index is 1.95. The van der Waals surface area contributed by atoms with E-state index in [2.05, 4.69) is 39.6 Å². The highest BCUT2D eigenvalue weighted by atomic mass is 15.1. The van der Waals surface area contributed by atoms with Gasteiger partial charge in [-0.1, -0.05) is 30.3 Å². The van der Waals surface area contributed by atoms with Crippen molar-refractivity contribution in [3.8, 4) is 0 Å². The van der Waals surface area contributed by atoms with Crippen LogP contribution in [0.4, 0.5) is 5.82 Å². The van der Waals surface area contributed by atoms with Gasteiger partial charge in [0, 0.05) is 12.2 Å². The van der Waals surface area contributed by atoms with Crippen LogP contribution in [0.5, 0.6) is 0 Å². The largest absolute Gasteiger partial charge is 0.363 e. The molecule has 0 amide bonds. The number of anilines is 1. The van der Waals surface area contributed by atoms with Crippen molar-refractivity contribution in [2.45, 2.75) is 19.9 Å². The maximum Gasteiger partial charge on any atom is 0.137 e. The van der Waals surface area contributed by atoms with Crippen molar-refractivity contribution in [3.05, 3.63) is 53.9 Å². The molecule has 96 valence electrons. The summed E-state index contributed by atoms with van der Waals surface area (Å²) >= 11 is 0. The van der Waals surface area contributed by atoms with Gasteiger partial charge in [-0.3, -0.25) is 5.10 Å². The molecule has 1 aromatic carbocycles. The van der Waals surface area contributed by atoms with Gasteiger partial charge in [-0.25, -0.2) is 4.98 Å². The zero-order chi connectivity index (χ0) is 13.2. The lowest BCUT2D eigenvalue weighted by Crippen LogP contribution is -2.08. The van der Waals surface area contributed by atoms with Gasteiger partial charge in [0.05, 0.1) is 16.6 Å². The van der Waals surface area contributed by atoms with E-state index in [0.29, 0.717) is 0 Å². The minimum atomic E-state index is 0.202. The molecule has 3 rings (SSSR count). The Kier molecular flexibility index (Phi) is 2.91. The zero-order valence-electron chi connectivity index (χ0n) is 11.0. The van der Waals surface area contributed by atoms with E-state index in [9.17, 15) is 0 Å². The predicted octanol–water partition coefficient (Wildman–Crippen LogP) is 3.44. The van der Waals surface area contributed by atoms with Crippen molar-refractivity contribution in [2.24, 2.45) is 0 Å². The Hall–Kier alpha value is -2.36. The van der Waals surface area contributed by atoms with Crippen LogP contribution in [-0.4, -0.2) is 15.2 Å². The number of pyridine rings is 1. The molecule has 2 aromatic heterocycles. The molecule has 2 N–H and O–H groups in total. The Morgan fingerprint density at radius 3 is 2.74 bits per heavy atom. The average Bonchev–Trinajstić information content (AvgIpc) is 2.83. The van der Waals surface area contributed by atoms with Gasteiger partial charge in [0.1, 0.15) is 5.82 Å². The molecule has 0 aliphatic carbocycles. The number of aromatic amines is 1. The topological polar surface area (TPSA) is 53.6 Å². The molecule has 0 bridgehead atoms. The first-order valence-electron chi connectivity index (χ1n) is 6.37. The Bertz CT molecular complexity index is 688. The number of benzene rings is 1. The van der Waals surface area contributed by atoms with Gasteiger partial charge in [0.2, 0.25) is 0 Å². The SMILES string of the molecule is Cc1n[nH]c2ccnc(N[C@@H](C)c3ccccc3)c12. The van der Waals surface area contributed by atoms with E-state index in [1.54, 1.807) is 6.20 Å². The fourth-order valence-corrected chi connectivity index (χ4v) is 2.26. The quantitative estimate of drug-likeness (QED) is 0.750. The Labute approximate surface area is 111 Å². The summed E-state index contributed by atoms with van der Waals surface area (Å²) in [5.41, 5.74) is 3.21. The number of hydrogen-bond donors (Lipinski definition) is 2. The molecule has 1 atom stereocenters. The molecule has 4 heteroatoms. The molecule has 0 unspecified atom stereocenters. The lowest BCUT2D eigenvalue weighted by atomic mass is 10.1. The van der Waals surface area contributed by atoms with Crippen molar-refractivity contribution in [1.29, 1.82) is 0 Å². The van der Waals surface area contributed by atoms with Crippen molar-refractivity contribution >= 4 is 16.7 Å². The van der Waals surface area contributed by atoms with E-state index in [1.165, 1.54) is 5.56 Å². The monoisotopic (exact) mass is 252 g/mol. The zero-order valence-corrected chi connectivity index (χ0v) is 11.0. The summed E-state index contributed by atoms with van der Waals surface area (Å²) in [5.74, 6) is 0.875. The number of rotatable bonds is 3. The van der Waals surface area contributed by atoms with Gasteiger partial charge in [-0.2, -0.15) is 5.10 Å². The van der Waals surface area contributed by atoms with E-state index < -0.39 is 0 Å². The van der Waals surface area contributed by atoms with Gasteiger partial charge in [-0.15, -0.1) is 0 Å². The molecular formula is C15H16N4. The highest BCUT2D eigenvalue weighted by Crippen LogP contribution is 2.25. The number of H-pyrrole nitrogens is 1. The molecule has 4 nitrogen and oxygen atoms in total. The van der Waals surface area contributed by atoms with Gasteiger partial charge >= 0.3 is 0 Å². The fraction of sp³-hybridized carbons (Fsp3) is 0.200. The fourth-order valence-electron chi connectivity index (χ4n) is 2.26. The minimum Gasteiger partial charge on any atom is -0.363 e. The second kappa shape index (κ2) is 4.72. The number of aryl methyl sites for hydroxylation is 1. The molecule has 0 spiro atoms. The van der Waals surface area contributed by atoms with Crippen LogP contribution in [0.1, 0.15) is 24.2 Å². The number of aromatic nitrogens is 3. The van der Waals surface area contributed by atoms with Crippen LogP contribution < -0.4 is 5.32 Å². The first-order valence-corrected chi connectivity index (χ1v) is 6.37. The lowest BCUT2D eigenvalue weighted by Gasteiger charge is -2.15. The minimum absolute atomic E-state index is 0.202. The average molecular weight is 252 g/mol. The Morgan fingerprint density at radius 2 is 1.95 bits per heavy atom. The molecule has 19 heavy (non-hydrogen) atoms. The number of nitrogens with zero attached hydrogens (tertiary/aromatic N) is 2. The smallest absolute Gasteiger partial charge is 0.137 e. The van der Waals surface area contributed by atoms with E-state index >= 15 is 0 Å². The summed E-state index contributed by atoms with van der Waals surface area (Å²) in [6.07, 6.45) is 1.79. The van der Waals surface area contributed by atoms with Crippen LogP contribution in [-0.2, 0) is 0 Å². The molecule has 0 aliphatic rings. The highest BCUT2D eigenvalue weighted by molar-refractivity contribution is 5.91. The molecule has 0 radical (unpaired) electrons. The Morgan fingerprint density at radius 1 is 1.16 bits per heavy atom. The summed E-state index contributed by atoms with van der Waals surface area (Å²) in [5, 5.41) is 11.8. The second-order valence-electron chi connectivity index (χ2n) is 4.67. The van der Waals surface area contributed by atoms with Crippen LogP contribution in [0.15, 0.2) is 42.6 Å². The van der Waals surface area contributed by atoms with Gasteiger partial charge in [0.15, 0.2) is 0 Å². The summed E-state index contributed by atoms with van der Waals surface area (Å²) in [4.78, 5) is 4.43. The normalized spacial score (nSPS) is 12.5. The third-order valence-electron chi connectivity index (χ3n) is 3.31. The maximum atomic E-state index is 4.43. The van der Waals surface area contributed by atoms with Crippen molar-refractivity contribution in [3.63, 3.8) is 0 Å². The summed E-state index contributed by atoms with van der Waals surface area (Å²) in [7, 11) is 0. The van der Waals surface area contributed by atoms with Crippen molar-refractivity contribution in [2.75, 3.05) is 5.32 Å². The molecule has 0 saturated heterocycles. The van der Waals surface area contributed by atoms with Crippen LogP contribution in [0, 0.1) is 6.92 Å². The van der Waals surface area contributed by atoms with E-state index in [0.717, 1.165) is 22.4 Å². The highest BCUT2D eigenvalue weighted by Gasteiger charge is 2.11. The standard InChI is InChI=1S/C15H16N4/c1-10(12-6-4-3-5-7-12)17-15-14-11(2)18-19-13(14)8-9-16-15/h3-10H,1-2H3,(H,16,17)(H,18,19)/t10-/m0/s1. The molecule has 3 aromatic rings. The molecular weight excluding hydrogens is 236 g/mol. The first-order chi connectivity index (χ1) is 9.25. The third-order valence-corrected chi connectivity index (χ3v) is 3.31. The molecule has 0 fully saturated rings. The summed E-state index contributed by atoms with van der Waals surface area (Å²) < 4.78 is 0. The van der Waals surface area contributed by atoms with Gasteiger partial charge < -0.3 is 5.32 Å². The summed E-state index contributed by atoms with van der Waals surface area (Å²) in [6, 6.07) is 12.5. The first kappa shape index (κ1) is 11.7. The molecule has 2 heterocycles. The second-order valence-corrected chi connectivity index (χ2v) is 4.67. The molecule has 0 aliphatic heterocycles. The maximum absolute atomic E-state index is 4.43.